The van der Waals surface area contributed by atoms with Crippen molar-refractivity contribution in [3.8, 4) is 0 Å². The second-order valence-electron chi connectivity index (χ2n) is 5.19. The maximum atomic E-state index is 13.8. The lowest BCUT2D eigenvalue weighted by Gasteiger charge is -2.21. The zero-order valence-corrected chi connectivity index (χ0v) is 13.0. The van der Waals surface area contributed by atoms with Crippen LogP contribution in [-0.2, 0) is 0 Å². The van der Waals surface area contributed by atoms with E-state index in [1.165, 1.54) is 0 Å². The standard InChI is InChI=1S/C17H19ClFN/c1-10-9-14(18)5-6-15(10)17(20-4)13-7-11(2)16(19)12(3)8-13/h5-9,17,20H,1-4H3. The van der Waals surface area contributed by atoms with Gasteiger partial charge in [0.1, 0.15) is 5.82 Å². The molecule has 106 valence electrons. The van der Waals surface area contributed by atoms with E-state index in [2.05, 4.69) is 5.32 Å². The van der Waals surface area contributed by atoms with Crippen molar-refractivity contribution < 1.29 is 4.39 Å². The summed E-state index contributed by atoms with van der Waals surface area (Å²) in [4.78, 5) is 0. The number of halogens is 2. The Morgan fingerprint density at radius 2 is 1.60 bits per heavy atom. The Morgan fingerprint density at radius 3 is 2.10 bits per heavy atom. The Balaban J connectivity index is 2.52. The van der Waals surface area contributed by atoms with Crippen LogP contribution in [0.1, 0.15) is 33.9 Å². The monoisotopic (exact) mass is 291 g/mol. The smallest absolute Gasteiger partial charge is 0.129 e. The molecule has 0 saturated carbocycles. The highest BCUT2D eigenvalue weighted by Crippen LogP contribution is 2.28. The zero-order valence-electron chi connectivity index (χ0n) is 12.2. The van der Waals surface area contributed by atoms with Crippen molar-refractivity contribution in [3.05, 3.63) is 69.0 Å². The number of hydrogen-bond acceptors (Lipinski definition) is 1. The molecule has 1 atom stereocenters. The molecule has 0 radical (unpaired) electrons. The van der Waals surface area contributed by atoms with Gasteiger partial charge in [0.2, 0.25) is 0 Å². The minimum absolute atomic E-state index is 0.0327. The molecule has 2 rings (SSSR count). The minimum atomic E-state index is -0.128. The van der Waals surface area contributed by atoms with Gasteiger partial charge in [0, 0.05) is 5.02 Å². The number of hydrogen-bond donors (Lipinski definition) is 1. The third-order valence-corrected chi connectivity index (χ3v) is 3.86. The molecular formula is C17H19ClFN. The predicted octanol–water partition coefficient (Wildman–Crippen LogP) is 4.71. The van der Waals surface area contributed by atoms with Gasteiger partial charge in [0.15, 0.2) is 0 Å². The molecule has 20 heavy (non-hydrogen) atoms. The Morgan fingerprint density at radius 1 is 1.00 bits per heavy atom. The van der Waals surface area contributed by atoms with Crippen LogP contribution in [0.15, 0.2) is 30.3 Å². The van der Waals surface area contributed by atoms with E-state index in [4.69, 9.17) is 11.6 Å². The summed E-state index contributed by atoms with van der Waals surface area (Å²) in [6.07, 6.45) is 0. The second kappa shape index (κ2) is 5.94. The highest BCUT2D eigenvalue weighted by atomic mass is 35.5. The van der Waals surface area contributed by atoms with Gasteiger partial charge in [0.25, 0.3) is 0 Å². The fourth-order valence-electron chi connectivity index (χ4n) is 2.61. The summed E-state index contributed by atoms with van der Waals surface area (Å²) in [5, 5.41) is 4.03. The lowest BCUT2D eigenvalue weighted by atomic mass is 9.93. The van der Waals surface area contributed by atoms with Gasteiger partial charge in [-0.2, -0.15) is 0 Å². The number of rotatable bonds is 3. The average Bonchev–Trinajstić information content (AvgIpc) is 2.39. The Labute approximate surface area is 124 Å². The third-order valence-electron chi connectivity index (χ3n) is 3.62. The molecule has 0 aliphatic rings. The number of benzene rings is 2. The van der Waals surface area contributed by atoms with Gasteiger partial charge in [-0.05, 0) is 67.8 Å². The molecule has 2 aromatic rings. The lowest BCUT2D eigenvalue weighted by Crippen LogP contribution is -2.19. The summed E-state index contributed by atoms with van der Waals surface area (Å²) >= 11 is 6.01. The molecule has 0 spiro atoms. The van der Waals surface area contributed by atoms with Crippen molar-refractivity contribution >= 4 is 11.6 Å². The summed E-state index contributed by atoms with van der Waals surface area (Å²) in [6.45, 7) is 5.63. The van der Waals surface area contributed by atoms with E-state index in [1.807, 2.05) is 44.3 Å². The van der Waals surface area contributed by atoms with Crippen LogP contribution < -0.4 is 5.32 Å². The number of aryl methyl sites for hydroxylation is 3. The Hall–Kier alpha value is -1.38. The largest absolute Gasteiger partial charge is 0.309 e. The molecular weight excluding hydrogens is 273 g/mol. The van der Waals surface area contributed by atoms with Gasteiger partial charge in [0.05, 0.1) is 6.04 Å². The molecule has 3 heteroatoms. The van der Waals surface area contributed by atoms with Gasteiger partial charge >= 0.3 is 0 Å². The van der Waals surface area contributed by atoms with Gasteiger partial charge in [-0.25, -0.2) is 4.39 Å². The van der Waals surface area contributed by atoms with Crippen LogP contribution in [-0.4, -0.2) is 7.05 Å². The minimum Gasteiger partial charge on any atom is -0.309 e. The van der Waals surface area contributed by atoms with E-state index < -0.39 is 0 Å². The number of nitrogens with one attached hydrogen (secondary N) is 1. The molecule has 0 aliphatic heterocycles. The molecule has 1 unspecified atom stereocenters. The van der Waals surface area contributed by atoms with Gasteiger partial charge in [-0.1, -0.05) is 29.8 Å². The quantitative estimate of drug-likeness (QED) is 0.863. The fraction of sp³-hybridized carbons (Fsp3) is 0.294. The van der Waals surface area contributed by atoms with E-state index in [9.17, 15) is 4.39 Å². The van der Waals surface area contributed by atoms with Crippen molar-refractivity contribution in [3.63, 3.8) is 0 Å². The first-order chi connectivity index (χ1) is 9.43. The van der Waals surface area contributed by atoms with E-state index in [1.54, 1.807) is 13.8 Å². The van der Waals surface area contributed by atoms with Crippen LogP contribution in [0.5, 0.6) is 0 Å². The summed E-state index contributed by atoms with van der Waals surface area (Å²) < 4.78 is 13.8. The Kier molecular flexibility index (Phi) is 4.46. The SMILES string of the molecule is CNC(c1cc(C)c(F)c(C)c1)c1ccc(Cl)cc1C. The molecule has 0 aromatic heterocycles. The molecule has 1 nitrogen and oxygen atoms in total. The maximum Gasteiger partial charge on any atom is 0.129 e. The second-order valence-corrected chi connectivity index (χ2v) is 5.63. The average molecular weight is 292 g/mol. The van der Waals surface area contributed by atoms with E-state index in [-0.39, 0.29) is 11.9 Å². The highest BCUT2D eigenvalue weighted by Gasteiger charge is 2.16. The van der Waals surface area contributed by atoms with Crippen molar-refractivity contribution in [1.82, 2.24) is 5.32 Å². The lowest BCUT2D eigenvalue weighted by molar-refractivity contribution is 0.604. The van der Waals surface area contributed by atoms with Crippen LogP contribution in [0.3, 0.4) is 0 Å². The normalized spacial score (nSPS) is 12.5. The predicted molar refractivity (Wildman–Crippen MR) is 83.0 cm³/mol. The first kappa shape index (κ1) is 15.0. The van der Waals surface area contributed by atoms with Crippen molar-refractivity contribution in [2.45, 2.75) is 26.8 Å². The zero-order chi connectivity index (χ0) is 14.9. The molecule has 0 saturated heterocycles. The molecule has 0 aliphatic carbocycles. The highest BCUT2D eigenvalue weighted by molar-refractivity contribution is 6.30. The fourth-order valence-corrected chi connectivity index (χ4v) is 2.84. The van der Waals surface area contributed by atoms with Gasteiger partial charge in [-0.15, -0.1) is 0 Å². The van der Waals surface area contributed by atoms with Crippen molar-refractivity contribution in [1.29, 1.82) is 0 Å². The van der Waals surface area contributed by atoms with Gasteiger partial charge in [-0.3, -0.25) is 0 Å². The summed E-state index contributed by atoms with van der Waals surface area (Å²) in [5.74, 6) is -0.128. The van der Waals surface area contributed by atoms with E-state index in [0.717, 1.165) is 21.7 Å². The van der Waals surface area contributed by atoms with E-state index in [0.29, 0.717) is 11.1 Å². The maximum absolute atomic E-state index is 13.8. The molecule has 0 bridgehead atoms. The van der Waals surface area contributed by atoms with Crippen LogP contribution in [0.2, 0.25) is 5.02 Å². The molecule has 1 N–H and O–H groups in total. The van der Waals surface area contributed by atoms with Crippen molar-refractivity contribution in [2.24, 2.45) is 0 Å². The van der Waals surface area contributed by atoms with Crippen LogP contribution in [0.4, 0.5) is 4.39 Å². The summed E-state index contributed by atoms with van der Waals surface area (Å²) in [5.41, 5.74) is 4.69. The van der Waals surface area contributed by atoms with Gasteiger partial charge < -0.3 is 5.32 Å². The van der Waals surface area contributed by atoms with Crippen LogP contribution in [0, 0.1) is 26.6 Å². The summed E-state index contributed by atoms with van der Waals surface area (Å²) in [6, 6.07) is 9.69. The van der Waals surface area contributed by atoms with E-state index >= 15 is 0 Å². The van der Waals surface area contributed by atoms with Crippen molar-refractivity contribution in [2.75, 3.05) is 7.05 Å². The molecule has 0 fully saturated rings. The van der Waals surface area contributed by atoms with Crippen LogP contribution >= 0.6 is 11.6 Å². The first-order valence-corrected chi connectivity index (χ1v) is 7.01. The third kappa shape index (κ3) is 2.87. The molecule has 0 heterocycles. The van der Waals surface area contributed by atoms with Crippen LogP contribution in [0.25, 0.3) is 0 Å². The molecule has 0 amide bonds. The molecule has 2 aromatic carbocycles. The summed E-state index contributed by atoms with van der Waals surface area (Å²) in [7, 11) is 1.91. The first-order valence-electron chi connectivity index (χ1n) is 6.64. The topological polar surface area (TPSA) is 12.0 Å². The Bertz CT molecular complexity index is 614.